The average Bonchev–Trinajstić information content (AvgIpc) is 2.91. The van der Waals surface area contributed by atoms with Gasteiger partial charge in [0.1, 0.15) is 5.03 Å². The number of hydrogen-bond donors (Lipinski definition) is 2. The molecule has 0 atom stereocenters. The molecule has 0 spiro atoms. The van der Waals surface area contributed by atoms with Crippen molar-refractivity contribution in [1.29, 1.82) is 0 Å². The fraction of sp³-hybridized carbons (Fsp3) is 0.0667. The van der Waals surface area contributed by atoms with Gasteiger partial charge in [-0.05, 0) is 18.2 Å². The Morgan fingerprint density at radius 2 is 2.15 bits per heavy atom. The highest BCUT2D eigenvalue weighted by Crippen LogP contribution is 2.33. The molecule has 100 valence electrons. The predicted octanol–water partition coefficient (Wildman–Crippen LogP) is 3.07. The molecule has 1 aromatic carbocycles. The second kappa shape index (κ2) is 5.38. The lowest BCUT2D eigenvalue weighted by Gasteiger charge is -2.02. The van der Waals surface area contributed by atoms with E-state index in [0.29, 0.717) is 5.56 Å². The minimum Gasteiger partial charge on any atom is -0.359 e. The Morgan fingerprint density at radius 3 is 2.90 bits per heavy atom. The molecule has 5 heteroatoms. The first-order valence-electron chi connectivity index (χ1n) is 6.20. The van der Waals surface area contributed by atoms with Gasteiger partial charge in [0.05, 0.1) is 11.1 Å². The first-order chi connectivity index (χ1) is 9.79. The minimum absolute atomic E-state index is 0.0909. The summed E-state index contributed by atoms with van der Waals surface area (Å²) in [4.78, 5) is 20.4. The van der Waals surface area contributed by atoms with E-state index in [-0.39, 0.29) is 5.91 Å². The van der Waals surface area contributed by atoms with Gasteiger partial charge in [0.15, 0.2) is 0 Å². The van der Waals surface area contributed by atoms with E-state index in [1.165, 1.54) is 0 Å². The molecule has 1 amide bonds. The Hall–Kier alpha value is -2.27. The summed E-state index contributed by atoms with van der Waals surface area (Å²) in [6.07, 6.45) is 3.68. The fourth-order valence-corrected chi connectivity index (χ4v) is 2.94. The lowest BCUT2D eigenvalue weighted by molar-refractivity contribution is 0.0964. The van der Waals surface area contributed by atoms with E-state index in [1.54, 1.807) is 25.0 Å². The minimum atomic E-state index is -0.0909. The summed E-state index contributed by atoms with van der Waals surface area (Å²) in [5.74, 6) is -0.0909. The van der Waals surface area contributed by atoms with Crippen molar-refractivity contribution in [1.82, 2.24) is 15.3 Å². The van der Waals surface area contributed by atoms with E-state index >= 15 is 0 Å². The number of fused-ring (bicyclic) bond motifs is 1. The summed E-state index contributed by atoms with van der Waals surface area (Å²) in [5, 5.41) is 4.61. The number of carbonyl (C=O) groups excluding carboxylic acids is 1. The zero-order chi connectivity index (χ0) is 13.9. The standard InChI is InChI=1S/C15H13N3OS/c1-16-15(19)11-6-4-5-10-12(9-18-14(10)11)20-13-7-2-3-8-17-13/h2-9,18H,1H3,(H,16,19). The van der Waals surface area contributed by atoms with E-state index in [4.69, 9.17) is 0 Å². The number of aromatic amines is 1. The van der Waals surface area contributed by atoms with Gasteiger partial charge in [-0.2, -0.15) is 0 Å². The van der Waals surface area contributed by atoms with Crippen LogP contribution in [0, 0.1) is 0 Å². The Morgan fingerprint density at radius 1 is 1.25 bits per heavy atom. The smallest absolute Gasteiger partial charge is 0.253 e. The highest BCUT2D eigenvalue weighted by atomic mass is 32.2. The van der Waals surface area contributed by atoms with Crippen molar-refractivity contribution in [3.63, 3.8) is 0 Å². The van der Waals surface area contributed by atoms with Gasteiger partial charge in [-0.15, -0.1) is 0 Å². The first kappa shape index (κ1) is 12.7. The molecule has 0 fully saturated rings. The van der Waals surface area contributed by atoms with Gasteiger partial charge < -0.3 is 10.3 Å². The van der Waals surface area contributed by atoms with Crippen LogP contribution in [0.5, 0.6) is 0 Å². The van der Waals surface area contributed by atoms with Crippen molar-refractivity contribution in [2.24, 2.45) is 0 Å². The third-order valence-electron chi connectivity index (χ3n) is 3.00. The average molecular weight is 283 g/mol. The number of benzene rings is 1. The molecule has 3 aromatic rings. The van der Waals surface area contributed by atoms with Crippen LogP contribution < -0.4 is 5.32 Å². The second-order valence-electron chi connectivity index (χ2n) is 4.23. The van der Waals surface area contributed by atoms with Crippen molar-refractivity contribution in [3.8, 4) is 0 Å². The number of H-pyrrole nitrogens is 1. The van der Waals surface area contributed by atoms with Crippen molar-refractivity contribution in [2.45, 2.75) is 9.92 Å². The maximum Gasteiger partial charge on any atom is 0.253 e. The molecule has 2 N–H and O–H groups in total. The summed E-state index contributed by atoms with van der Waals surface area (Å²) in [7, 11) is 1.63. The number of pyridine rings is 1. The first-order valence-corrected chi connectivity index (χ1v) is 7.02. The van der Waals surface area contributed by atoms with Crippen LogP contribution in [0.4, 0.5) is 0 Å². The Balaban J connectivity index is 2.04. The molecule has 0 aliphatic carbocycles. The molecule has 0 unspecified atom stereocenters. The van der Waals surface area contributed by atoms with Gasteiger partial charge in [-0.3, -0.25) is 4.79 Å². The van der Waals surface area contributed by atoms with Crippen LogP contribution in [-0.4, -0.2) is 22.9 Å². The maximum atomic E-state index is 11.8. The van der Waals surface area contributed by atoms with Crippen molar-refractivity contribution in [3.05, 3.63) is 54.4 Å². The van der Waals surface area contributed by atoms with Crippen LogP contribution in [0.2, 0.25) is 0 Å². The third-order valence-corrected chi connectivity index (χ3v) is 4.01. The Kier molecular flexibility index (Phi) is 3.43. The lowest BCUT2D eigenvalue weighted by Crippen LogP contribution is -2.17. The monoisotopic (exact) mass is 283 g/mol. The predicted molar refractivity (Wildman–Crippen MR) is 80.0 cm³/mol. The van der Waals surface area contributed by atoms with Crippen LogP contribution >= 0.6 is 11.8 Å². The topological polar surface area (TPSA) is 57.8 Å². The zero-order valence-corrected chi connectivity index (χ0v) is 11.7. The molecule has 2 aromatic heterocycles. The van der Waals surface area contributed by atoms with Crippen molar-refractivity contribution >= 4 is 28.6 Å². The number of para-hydroxylation sites is 1. The Bertz CT molecular complexity index is 752. The molecular formula is C15H13N3OS. The molecule has 0 radical (unpaired) electrons. The van der Waals surface area contributed by atoms with Crippen LogP contribution in [0.3, 0.4) is 0 Å². The number of rotatable bonds is 3. The summed E-state index contributed by atoms with van der Waals surface area (Å²) in [5.41, 5.74) is 1.50. The summed E-state index contributed by atoms with van der Waals surface area (Å²) < 4.78 is 0. The molecule has 4 nitrogen and oxygen atoms in total. The van der Waals surface area contributed by atoms with E-state index in [2.05, 4.69) is 15.3 Å². The summed E-state index contributed by atoms with van der Waals surface area (Å²) >= 11 is 1.58. The summed E-state index contributed by atoms with van der Waals surface area (Å²) in [6.45, 7) is 0. The van der Waals surface area contributed by atoms with E-state index in [0.717, 1.165) is 20.8 Å². The van der Waals surface area contributed by atoms with Crippen LogP contribution in [0.1, 0.15) is 10.4 Å². The second-order valence-corrected chi connectivity index (χ2v) is 5.29. The number of hydrogen-bond acceptors (Lipinski definition) is 3. The largest absolute Gasteiger partial charge is 0.359 e. The molecular weight excluding hydrogens is 270 g/mol. The van der Waals surface area contributed by atoms with Crippen molar-refractivity contribution in [2.75, 3.05) is 7.05 Å². The van der Waals surface area contributed by atoms with Gasteiger partial charge >= 0.3 is 0 Å². The molecule has 0 bridgehead atoms. The van der Waals surface area contributed by atoms with E-state index < -0.39 is 0 Å². The SMILES string of the molecule is CNC(=O)c1cccc2c(Sc3ccccn3)c[nH]c12. The molecule has 20 heavy (non-hydrogen) atoms. The van der Waals surface area contributed by atoms with Gasteiger partial charge in [-0.1, -0.05) is 30.0 Å². The van der Waals surface area contributed by atoms with Gasteiger partial charge in [-0.25, -0.2) is 4.98 Å². The molecule has 0 aliphatic rings. The van der Waals surface area contributed by atoms with Crippen LogP contribution in [0.15, 0.2) is 58.7 Å². The van der Waals surface area contributed by atoms with E-state index in [1.807, 2.05) is 42.6 Å². The quantitative estimate of drug-likeness (QED) is 0.776. The van der Waals surface area contributed by atoms with Gasteiger partial charge in [0, 0.05) is 29.7 Å². The van der Waals surface area contributed by atoms with E-state index in [9.17, 15) is 4.79 Å². The van der Waals surface area contributed by atoms with Crippen molar-refractivity contribution < 1.29 is 4.79 Å². The van der Waals surface area contributed by atoms with Gasteiger partial charge in [0.25, 0.3) is 5.91 Å². The van der Waals surface area contributed by atoms with Crippen LogP contribution in [-0.2, 0) is 0 Å². The number of amides is 1. The van der Waals surface area contributed by atoms with Crippen LogP contribution in [0.25, 0.3) is 10.9 Å². The fourth-order valence-electron chi connectivity index (χ4n) is 2.06. The molecule has 2 heterocycles. The number of aromatic nitrogens is 2. The highest BCUT2D eigenvalue weighted by molar-refractivity contribution is 7.99. The maximum absolute atomic E-state index is 11.8. The number of nitrogens with one attached hydrogen (secondary N) is 2. The Labute approximate surface area is 120 Å². The third kappa shape index (κ3) is 2.28. The van der Waals surface area contributed by atoms with Gasteiger partial charge in [0.2, 0.25) is 0 Å². The lowest BCUT2D eigenvalue weighted by atomic mass is 10.1. The zero-order valence-electron chi connectivity index (χ0n) is 10.9. The molecule has 0 saturated carbocycles. The summed E-state index contributed by atoms with van der Waals surface area (Å²) in [6, 6.07) is 11.5. The number of carbonyl (C=O) groups is 1. The number of nitrogens with zero attached hydrogens (tertiary/aromatic N) is 1. The molecule has 0 saturated heterocycles. The molecule has 0 aliphatic heterocycles. The normalized spacial score (nSPS) is 10.7. The highest BCUT2D eigenvalue weighted by Gasteiger charge is 2.12. The molecule has 3 rings (SSSR count).